The predicted molar refractivity (Wildman–Crippen MR) is 68.6 cm³/mol. The molecule has 1 aromatic heterocycles. The molecule has 0 spiro atoms. The van der Waals surface area contributed by atoms with Gasteiger partial charge in [-0.1, -0.05) is 29.8 Å². The van der Waals surface area contributed by atoms with Crippen molar-refractivity contribution in [2.24, 2.45) is 0 Å². The molecule has 0 aliphatic carbocycles. The Morgan fingerprint density at radius 3 is 2.62 bits per heavy atom. The van der Waals surface area contributed by atoms with E-state index in [1.165, 1.54) is 11.3 Å². The lowest BCUT2D eigenvalue weighted by Crippen LogP contribution is -1.89. The van der Waals surface area contributed by atoms with E-state index >= 15 is 0 Å². The van der Waals surface area contributed by atoms with Gasteiger partial charge in [-0.05, 0) is 13.0 Å². The highest BCUT2D eigenvalue weighted by atomic mass is 35.5. The van der Waals surface area contributed by atoms with Crippen LogP contribution in [0.25, 0.3) is 11.1 Å². The Morgan fingerprint density at radius 2 is 2.06 bits per heavy atom. The molecule has 0 aliphatic heterocycles. The first-order valence-electron chi connectivity index (χ1n) is 4.69. The number of hydrogen-bond donors (Lipinski definition) is 1. The zero-order valence-electron chi connectivity index (χ0n) is 8.62. The van der Waals surface area contributed by atoms with Gasteiger partial charge in [-0.2, -0.15) is 5.26 Å². The average Bonchev–Trinajstić information content (AvgIpc) is 2.55. The van der Waals surface area contributed by atoms with Crippen LogP contribution in [0, 0.1) is 18.3 Å². The van der Waals surface area contributed by atoms with E-state index in [1.807, 2.05) is 31.2 Å². The average molecular weight is 249 g/mol. The molecule has 1 heterocycles. The molecule has 0 fully saturated rings. The quantitative estimate of drug-likeness (QED) is 0.834. The van der Waals surface area contributed by atoms with E-state index < -0.39 is 0 Å². The van der Waals surface area contributed by atoms with E-state index in [-0.39, 0.29) is 0 Å². The zero-order valence-corrected chi connectivity index (χ0v) is 10.2. The summed E-state index contributed by atoms with van der Waals surface area (Å²) in [6.45, 7) is 1.94. The minimum absolute atomic E-state index is 0.526. The highest BCUT2D eigenvalue weighted by Gasteiger charge is 2.16. The molecule has 2 nitrogen and oxygen atoms in total. The molecule has 0 aliphatic rings. The van der Waals surface area contributed by atoms with Gasteiger partial charge in [0.05, 0.1) is 5.69 Å². The topological polar surface area (TPSA) is 49.8 Å². The number of anilines is 1. The molecule has 0 amide bonds. The molecule has 0 unspecified atom stereocenters. The summed E-state index contributed by atoms with van der Waals surface area (Å²) in [5, 5.41) is 9.57. The number of rotatable bonds is 1. The molecule has 4 heteroatoms. The van der Waals surface area contributed by atoms with Crippen LogP contribution in [0.5, 0.6) is 0 Å². The van der Waals surface area contributed by atoms with Crippen LogP contribution in [0.15, 0.2) is 24.3 Å². The second-order valence-electron chi connectivity index (χ2n) is 3.37. The SMILES string of the molecule is Cc1sc(C#N)c(N)c1-c1ccccc1Cl. The van der Waals surface area contributed by atoms with Gasteiger partial charge in [0.1, 0.15) is 10.9 Å². The normalized spacial score (nSPS) is 10.1. The summed E-state index contributed by atoms with van der Waals surface area (Å²) in [7, 11) is 0. The summed E-state index contributed by atoms with van der Waals surface area (Å²) >= 11 is 7.52. The first-order valence-corrected chi connectivity index (χ1v) is 5.88. The molecule has 0 saturated heterocycles. The lowest BCUT2D eigenvalue weighted by molar-refractivity contribution is 1.52. The first kappa shape index (κ1) is 11.0. The van der Waals surface area contributed by atoms with Gasteiger partial charge in [0.15, 0.2) is 0 Å². The Labute approximate surface area is 103 Å². The standard InChI is InChI=1S/C12H9ClN2S/c1-7-11(12(15)10(6-14)16-7)8-4-2-3-5-9(8)13/h2-5H,15H2,1H3. The number of nitriles is 1. The smallest absolute Gasteiger partial charge is 0.128 e. The van der Waals surface area contributed by atoms with Crippen LogP contribution >= 0.6 is 22.9 Å². The predicted octanol–water partition coefficient (Wildman–Crippen LogP) is 3.83. The largest absolute Gasteiger partial charge is 0.396 e. The summed E-state index contributed by atoms with van der Waals surface area (Å²) in [6, 6.07) is 9.60. The van der Waals surface area contributed by atoms with Crippen LogP contribution in [0.2, 0.25) is 5.02 Å². The van der Waals surface area contributed by atoms with Crippen molar-refractivity contribution >= 4 is 28.6 Å². The summed E-state index contributed by atoms with van der Waals surface area (Å²) in [6.07, 6.45) is 0. The van der Waals surface area contributed by atoms with Crippen LogP contribution in [0.4, 0.5) is 5.69 Å². The van der Waals surface area contributed by atoms with Gasteiger partial charge in [-0.15, -0.1) is 11.3 Å². The number of aryl methyl sites for hydroxylation is 1. The minimum Gasteiger partial charge on any atom is -0.396 e. The number of halogens is 1. The zero-order chi connectivity index (χ0) is 11.7. The van der Waals surface area contributed by atoms with Crippen LogP contribution in [0.1, 0.15) is 9.75 Å². The second kappa shape index (κ2) is 4.17. The van der Waals surface area contributed by atoms with Crippen molar-refractivity contribution < 1.29 is 0 Å². The van der Waals surface area contributed by atoms with Crippen molar-refractivity contribution in [3.8, 4) is 17.2 Å². The van der Waals surface area contributed by atoms with Crippen LogP contribution in [0.3, 0.4) is 0 Å². The van der Waals surface area contributed by atoms with Gasteiger partial charge in [-0.3, -0.25) is 0 Å². The van der Waals surface area contributed by atoms with Crippen molar-refractivity contribution in [1.29, 1.82) is 5.26 Å². The summed E-state index contributed by atoms with van der Waals surface area (Å²) < 4.78 is 0. The van der Waals surface area contributed by atoms with Crippen LogP contribution < -0.4 is 5.73 Å². The van der Waals surface area contributed by atoms with E-state index in [2.05, 4.69) is 6.07 Å². The number of benzene rings is 1. The Bertz CT molecular complexity index is 581. The molecule has 2 rings (SSSR count). The highest BCUT2D eigenvalue weighted by molar-refractivity contribution is 7.13. The van der Waals surface area contributed by atoms with Gasteiger partial charge in [0, 0.05) is 21.0 Å². The van der Waals surface area contributed by atoms with Crippen molar-refractivity contribution in [3.05, 3.63) is 39.0 Å². The van der Waals surface area contributed by atoms with Crippen molar-refractivity contribution in [2.75, 3.05) is 5.73 Å². The number of nitrogens with zero attached hydrogens (tertiary/aromatic N) is 1. The molecular formula is C12H9ClN2S. The Kier molecular flexibility index (Phi) is 2.86. The first-order chi connectivity index (χ1) is 7.65. The number of hydrogen-bond acceptors (Lipinski definition) is 3. The van der Waals surface area contributed by atoms with Gasteiger partial charge >= 0.3 is 0 Å². The maximum Gasteiger partial charge on any atom is 0.128 e. The molecule has 16 heavy (non-hydrogen) atoms. The lowest BCUT2D eigenvalue weighted by atomic mass is 10.0. The van der Waals surface area contributed by atoms with Gasteiger partial charge in [-0.25, -0.2) is 0 Å². The number of thiophene rings is 1. The third-order valence-electron chi connectivity index (χ3n) is 2.37. The molecule has 1 aromatic carbocycles. The molecular weight excluding hydrogens is 240 g/mol. The van der Waals surface area contributed by atoms with Crippen LogP contribution in [-0.2, 0) is 0 Å². The fourth-order valence-electron chi connectivity index (χ4n) is 1.64. The molecule has 80 valence electrons. The number of nitrogen functional groups attached to an aromatic ring is 1. The third kappa shape index (κ3) is 1.67. The molecule has 0 saturated carbocycles. The molecule has 0 radical (unpaired) electrons. The van der Waals surface area contributed by atoms with Crippen molar-refractivity contribution in [2.45, 2.75) is 6.92 Å². The van der Waals surface area contributed by atoms with Crippen LogP contribution in [-0.4, -0.2) is 0 Å². The summed E-state index contributed by atoms with van der Waals surface area (Å²) in [5.41, 5.74) is 8.24. The lowest BCUT2D eigenvalue weighted by Gasteiger charge is -2.04. The maximum absolute atomic E-state index is 8.92. The third-order valence-corrected chi connectivity index (χ3v) is 3.72. The minimum atomic E-state index is 0.526. The van der Waals surface area contributed by atoms with E-state index in [9.17, 15) is 0 Å². The molecule has 0 bridgehead atoms. The van der Waals surface area contributed by atoms with E-state index in [1.54, 1.807) is 0 Å². The van der Waals surface area contributed by atoms with E-state index in [0.29, 0.717) is 15.6 Å². The second-order valence-corrected chi connectivity index (χ2v) is 5.00. The van der Waals surface area contributed by atoms with Crippen molar-refractivity contribution in [1.82, 2.24) is 0 Å². The monoisotopic (exact) mass is 248 g/mol. The van der Waals surface area contributed by atoms with E-state index in [4.69, 9.17) is 22.6 Å². The van der Waals surface area contributed by atoms with Gasteiger partial charge < -0.3 is 5.73 Å². The maximum atomic E-state index is 8.92. The molecule has 2 aromatic rings. The van der Waals surface area contributed by atoms with Gasteiger partial charge in [0.2, 0.25) is 0 Å². The van der Waals surface area contributed by atoms with Gasteiger partial charge in [0.25, 0.3) is 0 Å². The number of nitrogens with two attached hydrogens (primary N) is 1. The summed E-state index contributed by atoms with van der Waals surface area (Å²) in [4.78, 5) is 1.56. The van der Waals surface area contributed by atoms with E-state index in [0.717, 1.165) is 16.0 Å². The molecule has 0 atom stereocenters. The summed E-state index contributed by atoms with van der Waals surface area (Å²) in [5.74, 6) is 0. The highest BCUT2D eigenvalue weighted by Crippen LogP contribution is 2.40. The fourth-order valence-corrected chi connectivity index (χ4v) is 2.76. The molecule has 2 N–H and O–H groups in total. The Hall–Kier alpha value is -1.50. The van der Waals surface area contributed by atoms with Crippen molar-refractivity contribution in [3.63, 3.8) is 0 Å². The Morgan fingerprint density at radius 1 is 1.38 bits per heavy atom. The fraction of sp³-hybridized carbons (Fsp3) is 0.0833. The Balaban J connectivity index is 2.71.